The number of rotatable bonds is 1. The van der Waals surface area contributed by atoms with E-state index in [9.17, 15) is 0 Å². The van der Waals surface area contributed by atoms with Gasteiger partial charge in [0.25, 0.3) is 0 Å². The van der Waals surface area contributed by atoms with E-state index in [-0.39, 0.29) is 0 Å². The molecule has 0 radical (unpaired) electrons. The molecule has 1 unspecified atom stereocenters. The normalized spacial score (nSPS) is 21.0. The molecule has 78 valence electrons. The van der Waals surface area contributed by atoms with Gasteiger partial charge < -0.3 is 5.73 Å². The summed E-state index contributed by atoms with van der Waals surface area (Å²) in [6, 6.07) is 10.3. The van der Waals surface area contributed by atoms with Crippen molar-refractivity contribution < 1.29 is 0 Å². The average molecular weight is 202 g/mol. The Bertz CT molecular complexity index is 383. The lowest BCUT2D eigenvalue weighted by Gasteiger charge is -2.14. The monoisotopic (exact) mass is 202 g/mol. The van der Waals surface area contributed by atoms with Gasteiger partial charge in [-0.05, 0) is 5.56 Å². The molecule has 4 heteroatoms. The van der Waals surface area contributed by atoms with Gasteiger partial charge in [0.05, 0.1) is 6.54 Å². The highest BCUT2D eigenvalue weighted by Gasteiger charge is 2.20. The number of guanidine groups is 1. The van der Waals surface area contributed by atoms with Crippen LogP contribution in [0, 0.1) is 0 Å². The first-order chi connectivity index (χ1) is 7.31. The summed E-state index contributed by atoms with van der Waals surface area (Å²) in [6.07, 6.45) is 1.91. The zero-order valence-electron chi connectivity index (χ0n) is 8.67. The van der Waals surface area contributed by atoms with Gasteiger partial charge in [-0.1, -0.05) is 30.3 Å². The second kappa shape index (κ2) is 4.13. The number of benzene rings is 1. The molecule has 1 heterocycles. The Labute approximate surface area is 89.1 Å². The van der Waals surface area contributed by atoms with Gasteiger partial charge in [0.15, 0.2) is 0 Å². The second-order valence-electron chi connectivity index (χ2n) is 3.45. The van der Waals surface area contributed by atoms with Gasteiger partial charge in [-0.2, -0.15) is 5.10 Å². The third-order valence-electron chi connectivity index (χ3n) is 2.48. The maximum Gasteiger partial charge on any atom is 0.211 e. The van der Waals surface area contributed by atoms with Crippen LogP contribution in [0.2, 0.25) is 0 Å². The van der Waals surface area contributed by atoms with Crippen molar-refractivity contribution in [3.63, 3.8) is 0 Å². The van der Waals surface area contributed by atoms with E-state index >= 15 is 0 Å². The Balaban J connectivity index is 2.09. The quantitative estimate of drug-likeness (QED) is 0.546. The van der Waals surface area contributed by atoms with Crippen molar-refractivity contribution >= 4 is 12.2 Å². The number of nitrogens with zero attached hydrogens (tertiary/aromatic N) is 3. The molecular formula is C11H14N4. The number of hydrazone groups is 1. The number of nitrogens with two attached hydrogens (primary N) is 1. The summed E-state index contributed by atoms with van der Waals surface area (Å²) < 4.78 is 0. The minimum Gasteiger partial charge on any atom is -0.368 e. The van der Waals surface area contributed by atoms with Crippen molar-refractivity contribution in [2.45, 2.75) is 5.92 Å². The molecule has 0 amide bonds. The minimum absolute atomic E-state index is 0.312. The first-order valence-electron chi connectivity index (χ1n) is 4.90. The van der Waals surface area contributed by atoms with Crippen molar-refractivity contribution in [2.75, 3.05) is 13.6 Å². The van der Waals surface area contributed by atoms with Gasteiger partial charge >= 0.3 is 0 Å². The van der Waals surface area contributed by atoms with Crippen LogP contribution in [0.1, 0.15) is 11.5 Å². The average Bonchev–Trinajstić information content (AvgIpc) is 2.78. The Morgan fingerprint density at radius 1 is 1.47 bits per heavy atom. The fourth-order valence-electron chi connectivity index (χ4n) is 1.60. The summed E-state index contributed by atoms with van der Waals surface area (Å²) in [5.74, 6) is 0.774. The van der Waals surface area contributed by atoms with E-state index in [2.05, 4.69) is 22.2 Å². The van der Waals surface area contributed by atoms with Gasteiger partial charge in [-0.3, -0.25) is 4.99 Å². The Morgan fingerprint density at radius 2 is 2.20 bits per heavy atom. The van der Waals surface area contributed by atoms with Crippen molar-refractivity contribution in [3.8, 4) is 0 Å². The standard InChI is InChI=1S/C11H14N4/c1-13-11(12)15-8-10(7-14-15)9-5-3-2-4-6-9/h2-7,10H,8H2,1H3,(H2,12,13). The van der Waals surface area contributed by atoms with Crippen molar-refractivity contribution in [1.82, 2.24) is 5.01 Å². The fourth-order valence-corrected chi connectivity index (χ4v) is 1.60. The first-order valence-corrected chi connectivity index (χ1v) is 4.90. The van der Waals surface area contributed by atoms with Gasteiger partial charge in [-0.25, -0.2) is 5.01 Å². The molecule has 0 bridgehead atoms. The van der Waals surface area contributed by atoms with Gasteiger partial charge in [-0.15, -0.1) is 0 Å². The Kier molecular flexibility index (Phi) is 2.67. The molecule has 0 saturated heterocycles. The molecule has 4 nitrogen and oxygen atoms in total. The lowest BCUT2D eigenvalue weighted by Crippen LogP contribution is -2.32. The summed E-state index contributed by atoms with van der Waals surface area (Å²) in [4.78, 5) is 3.91. The van der Waals surface area contributed by atoms with Crippen LogP contribution >= 0.6 is 0 Å². The number of hydrogen-bond donors (Lipinski definition) is 1. The second-order valence-corrected chi connectivity index (χ2v) is 3.45. The smallest absolute Gasteiger partial charge is 0.211 e. The van der Waals surface area contributed by atoms with E-state index < -0.39 is 0 Å². The molecule has 0 fully saturated rings. The molecule has 2 N–H and O–H groups in total. The molecule has 1 aromatic carbocycles. The van der Waals surface area contributed by atoms with Crippen molar-refractivity contribution in [2.24, 2.45) is 15.8 Å². The Morgan fingerprint density at radius 3 is 2.87 bits per heavy atom. The molecule has 1 atom stereocenters. The van der Waals surface area contributed by atoms with E-state index in [1.807, 2.05) is 24.4 Å². The molecule has 1 aliphatic rings. The third-order valence-corrected chi connectivity index (χ3v) is 2.48. The van der Waals surface area contributed by atoms with Crippen LogP contribution < -0.4 is 5.73 Å². The van der Waals surface area contributed by atoms with Crippen LogP contribution in [-0.2, 0) is 0 Å². The van der Waals surface area contributed by atoms with Crippen molar-refractivity contribution in [1.29, 1.82) is 0 Å². The highest BCUT2D eigenvalue weighted by Crippen LogP contribution is 2.19. The molecule has 0 spiro atoms. The predicted molar refractivity (Wildman–Crippen MR) is 61.9 cm³/mol. The van der Waals surface area contributed by atoms with Crippen LogP contribution in [0.15, 0.2) is 40.4 Å². The molecule has 0 aromatic heterocycles. The molecule has 2 rings (SSSR count). The molecule has 1 aliphatic heterocycles. The van der Waals surface area contributed by atoms with E-state index in [0.717, 1.165) is 6.54 Å². The number of hydrogen-bond acceptors (Lipinski definition) is 2. The number of aliphatic imine (C=N–C) groups is 1. The zero-order valence-corrected chi connectivity index (χ0v) is 8.67. The largest absolute Gasteiger partial charge is 0.368 e. The molecule has 0 saturated carbocycles. The van der Waals surface area contributed by atoms with Crippen LogP contribution in [0.4, 0.5) is 0 Å². The van der Waals surface area contributed by atoms with Crippen LogP contribution in [-0.4, -0.2) is 30.8 Å². The summed E-state index contributed by atoms with van der Waals surface area (Å²) >= 11 is 0. The van der Waals surface area contributed by atoms with Crippen molar-refractivity contribution in [3.05, 3.63) is 35.9 Å². The summed E-state index contributed by atoms with van der Waals surface area (Å²) in [5, 5.41) is 5.94. The first kappa shape index (κ1) is 9.71. The fraction of sp³-hybridized carbons (Fsp3) is 0.273. The summed E-state index contributed by atoms with van der Waals surface area (Å²) in [7, 11) is 1.67. The lowest BCUT2D eigenvalue weighted by molar-refractivity contribution is 0.469. The van der Waals surface area contributed by atoms with E-state index in [0.29, 0.717) is 11.9 Å². The van der Waals surface area contributed by atoms with E-state index in [4.69, 9.17) is 5.73 Å². The maximum absolute atomic E-state index is 5.68. The molecule has 0 aliphatic carbocycles. The highest BCUT2D eigenvalue weighted by atomic mass is 15.5. The minimum atomic E-state index is 0.312. The lowest BCUT2D eigenvalue weighted by atomic mass is 10.0. The third kappa shape index (κ3) is 1.98. The molecule has 1 aromatic rings. The summed E-state index contributed by atoms with van der Waals surface area (Å²) in [6.45, 7) is 0.771. The Hall–Kier alpha value is -1.84. The van der Waals surface area contributed by atoms with Gasteiger partial charge in [0, 0.05) is 19.2 Å². The van der Waals surface area contributed by atoms with Gasteiger partial charge in [0.1, 0.15) is 0 Å². The van der Waals surface area contributed by atoms with Gasteiger partial charge in [0.2, 0.25) is 5.96 Å². The van der Waals surface area contributed by atoms with Crippen LogP contribution in [0.3, 0.4) is 0 Å². The molecule has 15 heavy (non-hydrogen) atoms. The SMILES string of the molecule is CN=C(N)N1CC(c2ccccc2)C=N1. The van der Waals surface area contributed by atoms with E-state index in [1.54, 1.807) is 12.1 Å². The topological polar surface area (TPSA) is 54.0 Å². The molecular weight excluding hydrogens is 188 g/mol. The predicted octanol–water partition coefficient (Wildman–Crippen LogP) is 1.02. The summed E-state index contributed by atoms with van der Waals surface area (Å²) in [5.41, 5.74) is 6.94. The van der Waals surface area contributed by atoms with E-state index in [1.165, 1.54) is 5.56 Å². The maximum atomic E-state index is 5.68. The highest BCUT2D eigenvalue weighted by molar-refractivity contribution is 5.82. The zero-order chi connectivity index (χ0) is 10.7. The van der Waals surface area contributed by atoms with Crippen LogP contribution in [0.25, 0.3) is 0 Å². The van der Waals surface area contributed by atoms with Crippen LogP contribution in [0.5, 0.6) is 0 Å².